The van der Waals surface area contributed by atoms with Crippen LogP contribution in [0, 0.1) is 0 Å². The molecule has 0 aliphatic carbocycles. The number of oxime groups is 1. The van der Waals surface area contributed by atoms with Gasteiger partial charge in [-0.3, -0.25) is 4.72 Å². The Bertz CT molecular complexity index is 509. The highest BCUT2D eigenvalue weighted by atomic mass is 32.2. The quantitative estimate of drug-likeness (QED) is 0.312. The van der Waals surface area contributed by atoms with Crippen molar-refractivity contribution in [2.75, 3.05) is 10.5 Å². The van der Waals surface area contributed by atoms with Gasteiger partial charge < -0.3 is 10.9 Å². The smallest absolute Gasteiger partial charge is 0.232 e. The first-order valence-electron chi connectivity index (χ1n) is 5.52. The van der Waals surface area contributed by atoms with Crippen molar-refractivity contribution in [3.8, 4) is 0 Å². The van der Waals surface area contributed by atoms with Crippen LogP contribution in [0.1, 0.15) is 18.9 Å². The maximum atomic E-state index is 11.5. The minimum Gasteiger partial charge on any atom is -0.409 e. The Kier molecular flexibility index (Phi) is 4.96. The Morgan fingerprint density at radius 3 is 2.50 bits per heavy atom. The third kappa shape index (κ3) is 4.62. The lowest BCUT2D eigenvalue weighted by atomic mass is 10.1. The van der Waals surface area contributed by atoms with E-state index in [9.17, 15) is 8.42 Å². The molecule has 0 radical (unpaired) electrons. The molecule has 4 N–H and O–H groups in total. The van der Waals surface area contributed by atoms with Crippen molar-refractivity contribution in [3.63, 3.8) is 0 Å². The zero-order valence-electron chi connectivity index (χ0n) is 10.1. The van der Waals surface area contributed by atoms with Crippen LogP contribution in [0.4, 0.5) is 5.69 Å². The molecule has 0 spiro atoms. The van der Waals surface area contributed by atoms with Crippen molar-refractivity contribution in [2.45, 2.75) is 19.8 Å². The first kappa shape index (κ1) is 14.3. The van der Waals surface area contributed by atoms with E-state index >= 15 is 0 Å². The number of hydrogen-bond donors (Lipinski definition) is 3. The van der Waals surface area contributed by atoms with E-state index in [4.69, 9.17) is 10.9 Å². The highest BCUT2D eigenvalue weighted by Gasteiger charge is 2.08. The molecule has 6 nitrogen and oxygen atoms in total. The summed E-state index contributed by atoms with van der Waals surface area (Å²) in [4.78, 5) is 0. The molecule has 0 saturated heterocycles. The molecule has 0 atom stereocenters. The first-order valence-corrected chi connectivity index (χ1v) is 7.18. The number of nitrogens with zero attached hydrogens (tertiary/aromatic N) is 1. The van der Waals surface area contributed by atoms with Gasteiger partial charge in [0, 0.05) is 12.1 Å². The average Bonchev–Trinajstić information content (AvgIpc) is 2.31. The van der Waals surface area contributed by atoms with E-state index in [0.29, 0.717) is 18.5 Å². The number of anilines is 1. The topological polar surface area (TPSA) is 105 Å². The maximum absolute atomic E-state index is 11.5. The van der Waals surface area contributed by atoms with Crippen LogP contribution in [-0.4, -0.2) is 25.2 Å². The number of sulfonamides is 1. The van der Waals surface area contributed by atoms with Gasteiger partial charge in [-0.25, -0.2) is 8.42 Å². The summed E-state index contributed by atoms with van der Waals surface area (Å²) >= 11 is 0. The van der Waals surface area contributed by atoms with Crippen molar-refractivity contribution in [3.05, 3.63) is 29.8 Å². The summed E-state index contributed by atoms with van der Waals surface area (Å²) in [5.74, 6) is 0.202. The van der Waals surface area contributed by atoms with Crippen molar-refractivity contribution < 1.29 is 13.6 Å². The SMILES string of the molecule is CCCS(=O)(=O)Nc1ccc(CC(N)=NO)cc1. The van der Waals surface area contributed by atoms with Gasteiger partial charge >= 0.3 is 0 Å². The Morgan fingerprint density at radius 2 is 2.00 bits per heavy atom. The molecule has 18 heavy (non-hydrogen) atoms. The second kappa shape index (κ2) is 6.25. The zero-order valence-corrected chi connectivity index (χ0v) is 10.9. The van der Waals surface area contributed by atoms with Crippen LogP contribution in [0.25, 0.3) is 0 Å². The molecule has 100 valence electrons. The second-order valence-corrected chi connectivity index (χ2v) is 5.73. The van der Waals surface area contributed by atoms with Gasteiger partial charge in [0.1, 0.15) is 5.84 Å². The minimum absolute atomic E-state index is 0.0961. The summed E-state index contributed by atoms with van der Waals surface area (Å²) in [5, 5.41) is 11.3. The van der Waals surface area contributed by atoms with Crippen LogP contribution in [0.2, 0.25) is 0 Å². The largest absolute Gasteiger partial charge is 0.409 e. The summed E-state index contributed by atoms with van der Waals surface area (Å²) < 4.78 is 25.5. The highest BCUT2D eigenvalue weighted by molar-refractivity contribution is 7.92. The summed E-state index contributed by atoms with van der Waals surface area (Å²) in [6.45, 7) is 1.80. The molecule has 0 fully saturated rings. The summed E-state index contributed by atoms with van der Waals surface area (Å²) in [7, 11) is -3.26. The van der Waals surface area contributed by atoms with Gasteiger partial charge in [0.2, 0.25) is 10.0 Å². The third-order valence-corrected chi connectivity index (χ3v) is 3.71. The fourth-order valence-electron chi connectivity index (χ4n) is 1.43. The highest BCUT2D eigenvalue weighted by Crippen LogP contribution is 2.12. The molecular formula is C11H17N3O3S. The summed E-state index contributed by atoms with van der Waals surface area (Å²) in [5.41, 5.74) is 6.72. The van der Waals surface area contributed by atoms with E-state index < -0.39 is 10.0 Å². The molecule has 0 aliphatic heterocycles. The Balaban J connectivity index is 2.72. The number of amidine groups is 1. The van der Waals surface area contributed by atoms with Crippen molar-refractivity contribution >= 4 is 21.5 Å². The zero-order chi connectivity index (χ0) is 13.6. The molecule has 1 aromatic carbocycles. The standard InChI is InChI=1S/C11H17N3O3S/c1-2-7-18(16,17)14-10-5-3-9(4-6-10)8-11(12)13-15/h3-6,14-15H,2,7-8H2,1H3,(H2,12,13). The normalized spacial score (nSPS) is 12.4. The molecule has 0 aliphatic rings. The summed E-state index contributed by atoms with van der Waals surface area (Å²) in [6, 6.07) is 6.74. The van der Waals surface area contributed by atoms with Gasteiger partial charge in [-0.1, -0.05) is 24.2 Å². The lowest BCUT2D eigenvalue weighted by Gasteiger charge is -2.07. The predicted molar refractivity (Wildman–Crippen MR) is 71.3 cm³/mol. The molecule has 0 saturated carbocycles. The monoisotopic (exact) mass is 271 g/mol. The van der Waals surface area contributed by atoms with E-state index in [-0.39, 0.29) is 11.6 Å². The van der Waals surface area contributed by atoms with Crippen LogP contribution in [0.15, 0.2) is 29.4 Å². The van der Waals surface area contributed by atoms with Crippen LogP contribution in [-0.2, 0) is 16.4 Å². The third-order valence-electron chi connectivity index (χ3n) is 2.21. The second-order valence-electron chi connectivity index (χ2n) is 3.89. The maximum Gasteiger partial charge on any atom is 0.232 e. The van der Waals surface area contributed by atoms with E-state index in [1.807, 2.05) is 0 Å². The average molecular weight is 271 g/mol. The number of rotatable bonds is 6. The van der Waals surface area contributed by atoms with Crippen molar-refractivity contribution in [1.82, 2.24) is 0 Å². The molecule has 0 heterocycles. The molecule has 0 unspecified atom stereocenters. The fourth-order valence-corrected chi connectivity index (χ4v) is 2.57. The number of hydrogen-bond acceptors (Lipinski definition) is 4. The molecule has 0 bridgehead atoms. The van der Waals surface area contributed by atoms with Crippen LogP contribution >= 0.6 is 0 Å². The van der Waals surface area contributed by atoms with Gasteiger partial charge in [-0.05, 0) is 24.1 Å². The number of nitrogens with two attached hydrogens (primary N) is 1. The van der Waals surface area contributed by atoms with E-state index in [2.05, 4.69) is 9.88 Å². The van der Waals surface area contributed by atoms with Crippen LogP contribution in [0.5, 0.6) is 0 Å². The minimum atomic E-state index is -3.26. The molecule has 0 aromatic heterocycles. The van der Waals surface area contributed by atoms with Gasteiger partial charge in [-0.2, -0.15) is 0 Å². The van der Waals surface area contributed by atoms with Gasteiger partial charge in [0.15, 0.2) is 0 Å². The van der Waals surface area contributed by atoms with Gasteiger partial charge in [-0.15, -0.1) is 0 Å². The Hall–Kier alpha value is -1.76. The lowest BCUT2D eigenvalue weighted by molar-refractivity contribution is 0.317. The summed E-state index contributed by atoms with van der Waals surface area (Å²) in [6.07, 6.45) is 0.884. The molecule has 1 aromatic rings. The van der Waals surface area contributed by atoms with Gasteiger partial charge in [0.05, 0.1) is 5.75 Å². The number of benzene rings is 1. The Morgan fingerprint density at radius 1 is 1.39 bits per heavy atom. The molecule has 7 heteroatoms. The van der Waals surface area contributed by atoms with E-state index in [1.54, 1.807) is 31.2 Å². The number of nitrogens with one attached hydrogen (secondary N) is 1. The molecule has 0 amide bonds. The van der Waals surface area contributed by atoms with Gasteiger partial charge in [0.25, 0.3) is 0 Å². The van der Waals surface area contributed by atoms with Crippen LogP contribution in [0.3, 0.4) is 0 Å². The van der Waals surface area contributed by atoms with Crippen molar-refractivity contribution in [2.24, 2.45) is 10.9 Å². The Labute approximate surface area is 107 Å². The molecule has 1 rings (SSSR count). The molecular weight excluding hydrogens is 254 g/mol. The van der Waals surface area contributed by atoms with E-state index in [1.165, 1.54) is 0 Å². The predicted octanol–water partition coefficient (Wildman–Crippen LogP) is 1.13. The first-order chi connectivity index (χ1) is 8.46. The lowest BCUT2D eigenvalue weighted by Crippen LogP contribution is -2.16. The fraction of sp³-hybridized carbons (Fsp3) is 0.364. The van der Waals surface area contributed by atoms with Crippen molar-refractivity contribution in [1.29, 1.82) is 0 Å². The van der Waals surface area contributed by atoms with E-state index in [0.717, 1.165) is 5.56 Å². The van der Waals surface area contributed by atoms with Crippen LogP contribution < -0.4 is 10.5 Å².